The van der Waals surface area contributed by atoms with Gasteiger partial charge in [-0.3, -0.25) is 9.69 Å². The van der Waals surface area contributed by atoms with Gasteiger partial charge in [0, 0.05) is 32.2 Å². The summed E-state index contributed by atoms with van der Waals surface area (Å²) in [4.78, 5) is 16.4. The van der Waals surface area contributed by atoms with Crippen LogP contribution in [0.2, 0.25) is 0 Å². The van der Waals surface area contributed by atoms with Crippen molar-refractivity contribution < 1.29 is 9.18 Å². The van der Waals surface area contributed by atoms with Crippen molar-refractivity contribution in [3.63, 3.8) is 0 Å². The van der Waals surface area contributed by atoms with Crippen LogP contribution in [0, 0.1) is 12.7 Å². The van der Waals surface area contributed by atoms with E-state index in [9.17, 15) is 9.18 Å². The van der Waals surface area contributed by atoms with Crippen molar-refractivity contribution in [3.8, 4) is 0 Å². The number of piperazine rings is 1. The van der Waals surface area contributed by atoms with E-state index in [4.69, 9.17) is 0 Å². The van der Waals surface area contributed by atoms with E-state index in [0.29, 0.717) is 12.6 Å². The Hall–Kier alpha value is -1.46. The molecule has 2 heterocycles. The molecule has 0 saturated carbocycles. The Kier molecular flexibility index (Phi) is 4.74. The predicted molar refractivity (Wildman–Crippen MR) is 84.0 cm³/mol. The van der Waals surface area contributed by atoms with Crippen LogP contribution in [0.4, 0.5) is 4.39 Å². The molecule has 2 aliphatic heterocycles. The molecule has 1 amide bonds. The number of carbonyl (C=O) groups excluding carboxylic acids is 1. The highest BCUT2D eigenvalue weighted by Crippen LogP contribution is 2.20. The monoisotopic (exact) mass is 305 g/mol. The van der Waals surface area contributed by atoms with Crippen molar-refractivity contribution in [1.29, 1.82) is 0 Å². The number of nitrogens with zero attached hydrogens (tertiary/aromatic N) is 2. The van der Waals surface area contributed by atoms with Gasteiger partial charge in [-0.15, -0.1) is 0 Å². The van der Waals surface area contributed by atoms with Gasteiger partial charge in [-0.05, 0) is 49.6 Å². The highest BCUT2D eigenvalue weighted by Gasteiger charge is 2.29. The second kappa shape index (κ2) is 6.75. The molecule has 0 spiro atoms. The van der Waals surface area contributed by atoms with E-state index in [2.05, 4.69) is 10.2 Å². The third kappa shape index (κ3) is 3.47. The third-order valence-electron chi connectivity index (χ3n) is 4.75. The number of rotatable bonds is 3. The molecule has 1 aromatic carbocycles. The number of halogens is 1. The lowest BCUT2D eigenvalue weighted by molar-refractivity contribution is -0.135. The van der Waals surface area contributed by atoms with Crippen LogP contribution < -0.4 is 5.32 Å². The van der Waals surface area contributed by atoms with Gasteiger partial charge in [0.15, 0.2) is 0 Å². The minimum Gasteiger partial charge on any atom is -0.336 e. The minimum absolute atomic E-state index is 0.175. The van der Waals surface area contributed by atoms with Crippen LogP contribution in [-0.4, -0.2) is 54.5 Å². The van der Waals surface area contributed by atoms with Gasteiger partial charge in [-0.1, -0.05) is 6.07 Å². The summed E-state index contributed by atoms with van der Waals surface area (Å²) in [7, 11) is 0. The zero-order valence-corrected chi connectivity index (χ0v) is 13.1. The molecule has 1 aromatic rings. The van der Waals surface area contributed by atoms with Gasteiger partial charge < -0.3 is 10.2 Å². The molecule has 4 nitrogen and oxygen atoms in total. The molecule has 1 N–H and O–H groups in total. The summed E-state index contributed by atoms with van der Waals surface area (Å²) in [5.74, 6) is 0.0338. The standard InChI is InChI=1S/C17H24FN3O/c1-13-4-5-15(18)9-14(13)11-20-7-2-3-16(12-20)21-8-6-19-10-17(21)22/h4-5,9,16,19H,2-3,6-8,10-12H2,1H3. The molecular formula is C17H24FN3O. The van der Waals surface area contributed by atoms with Crippen LogP contribution in [0.1, 0.15) is 24.0 Å². The van der Waals surface area contributed by atoms with Gasteiger partial charge in [0.1, 0.15) is 5.82 Å². The summed E-state index contributed by atoms with van der Waals surface area (Å²) >= 11 is 0. The summed E-state index contributed by atoms with van der Waals surface area (Å²) in [5.41, 5.74) is 2.18. The molecule has 2 fully saturated rings. The van der Waals surface area contributed by atoms with E-state index in [1.165, 1.54) is 6.07 Å². The van der Waals surface area contributed by atoms with Crippen LogP contribution >= 0.6 is 0 Å². The zero-order valence-electron chi connectivity index (χ0n) is 13.1. The van der Waals surface area contributed by atoms with Gasteiger partial charge in [-0.2, -0.15) is 0 Å². The second-order valence-electron chi connectivity index (χ2n) is 6.37. The Bertz CT molecular complexity index is 549. The SMILES string of the molecule is Cc1ccc(F)cc1CN1CCCC(N2CCNCC2=O)C1. The molecule has 0 aromatic heterocycles. The number of aryl methyl sites for hydroxylation is 1. The predicted octanol–water partition coefficient (Wildman–Crippen LogP) is 1.53. The van der Waals surface area contributed by atoms with E-state index in [-0.39, 0.29) is 11.7 Å². The van der Waals surface area contributed by atoms with Crippen molar-refractivity contribution in [2.75, 3.05) is 32.7 Å². The average molecular weight is 305 g/mol. The van der Waals surface area contributed by atoms with E-state index >= 15 is 0 Å². The Morgan fingerprint density at radius 1 is 1.36 bits per heavy atom. The molecule has 2 saturated heterocycles. The number of piperidine rings is 1. The maximum Gasteiger partial charge on any atom is 0.236 e. The van der Waals surface area contributed by atoms with Crippen molar-refractivity contribution in [2.24, 2.45) is 0 Å². The average Bonchev–Trinajstić information content (AvgIpc) is 2.52. The van der Waals surface area contributed by atoms with Crippen LogP contribution in [0.25, 0.3) is 0 Å². The fourth-order valence-corrected chi connectivity index (χ4v) is 3.49. The second-order valence-corrected chi connectivity index (χ2v) is 6.37. The molecule has 1 atom stereocenters. The van der Waals surface area contributed by atoms with Crippen LogP contribution in [-0.2, 0) is 11.3 Å². The largest absolute Gasteiger partial charge is 0.336 e. The van der Waals surface area contributed by atoms with Crippen LogP contribution in [0.15, 0.2) is 18.2 Å². The van der Waals surface area contributed by atoms with E-state index in [1.807, 2.05) is 17.9 Å². The van der Waals surface area contributed by atoms with E-state index < -0.39 is 0 Å². The van der Waals surface area contributed by atoms with Gasteiger partial charge in [-0.25, -0.2) is 4.39 Å². The minimum atomic E-state index is -0.175. The first-order valence-corrected chi connectivity index (χ1v) is 8.11. The molecule has 0 radical (unpaired) electrons. The van der Waals surface area contributed by atoms with Crippen molar-refractivity contribution in [3.05, 3.63) is 35.1 Å². The highest BCUT2D eigenvalue weighted by molar-refractivity contribution is 5.79. The Labute approximate surface area is 131 Å². The number of hydrogen-bond donors (Lipinski definition) is 1. The summed E-state index contributed by atoms with van der Waals surface area (Å²) in [6, 6.07) is 5.29. The summed E-state index contributed by atoms with van der Waals surface area (Å²) in [6.07, 6.45) is 2.17. The highest BCUT2D eigenvalue weighted by atomic mass is 19.1. The lowest BCUT2D eigenvalue weighted by atomic mass is 10.0. The van der Waals surface area contributed by atoms with Crippen LogP contribution in [0.3, 0.4) is 0 Å². The fraction of sp³-hybridized carbons (Fsp3) is 0.588. The van der Waals surface area contributed by atoms with Gasteiger partial charge in [0.25, 0.3) is 0 Å². The molecule has 5 heteroatoms. The van der Waals surface area contributed by atoms with Gasteiger partial charge in [0.2, 0.25) is 5.91 Å². The Morgan fingerprint density at radius 3 is 3.05 bits per heavy atom. The maximum absolute atomic E-state index is 13.4. The topological polar surface area (TPSA) is 35.6 Å². The number of likely N-dealkylation sites (tertiary alicyclic amines) is 1. The van der Waals surface area contributed by atoms with Crippen molar-refractivity contribution >= 4 is 5.91 Å². The molecule has 120 valence electrons. The third-order valence-corrected chi connectivity index (χ3v) is 4.75. The molecule has 1 unspecified atom stereocenters. The van der Waals surface area contributed by atoms with Gasteiger partial charge >= 0.3 is 0 Å². The molecule has 0 bridgehead atoms. The summed E-state index contributed by atoms with van der Waals surface area (Å²) in [6.45, 7) is 6.84. The Morgan fingerprint density at radius 2 is 2.23 bits per heavy atom. The lowest BCUT2D eigenvalue weighted by Crippen LogP contribution is -2.56. The Balaban J connectivity index is 1.65. The zero-order chi connectivity index (χ0) is 15.5. The number of hydrogen-bond acceptors (Lipinski definition) is 3. The molecule has 2 aliphatic rings. The number of benzene rings is 1. The first kappa shape index (κ1) is 15.4. The molecule has 22 heavy (non-hydrogen) atoms. The number of carbonyl (C=O) groups is 1. The summed E-state index contributed by atoms with van der Waals surface area (Å²) < 4.78 is 13.4. The van der Waals surface area contributed by atoms with Gasteiger partial charge in [0.05, 0.1) is 6.54 Å². The maximum atomic E-state index is 13.4. The van der Waals surface area contributed by atoms with Crippen molar-refractivity contribution in [2.45, 2.75) is 32.4 Å². The fourth-order valence-electron chi connectivity index (χ4n) is 3.49. The first-order chi connectivity index (χ1) is 10.6. The smallest absolute Gasteiger partial charge is 0.236 e. The van der Waals surface area contributed by atoms with E-state index in [0.717, 1.165) is 56.7 Å². The summed E-state index contributed by atoms with van der Waals surface area (Å²) in [5, 5.41) is 3.12. The first-order valence-electron chi connectivity index (χ1n) is 8.11. The van der Waals surface area contributed by atoms with Crippen LogP contribution in [0.5, 0.6) is 0 Å². The molecular weight excluding hydrogens is 281 g/mol. The molecule has 3 rings (SSSR count). The number of nitrogens with one attached hydrogen (secondary N) is 1. The normalized spacial score (nSPS) is 23.8. The molecule has 0 aliphatic carbocycles. The van der Waals surface area contributed by atoms with Crippen molar-refractivity contribution in [1.82, 2.24) is 15.1 Å². The lowest BCUT2D eigenvalue weighted by Gasteiger charge is -2.41. The van der Waals surface area contributed by atoms with E-state index in [1.54, 1.807) is 6.07 Å². The number of amides is 1. The quantitative estimate of drug-likeness (QED) is 0.920.